The van der Waals surface area contributed by atoms with Crippen molar-refractivity contribution in [3.63, 3.8) is 0 Å². The van der Waals surface area contributed by atoms with E-state index in [0.717, 1.165) is 32.2 Å². The molecule has 0 saturated carbocycles. The minimum Gasteiger partial charge on any atom is -0.335 e. The van der Waals surface area contributed by atoms with Crippen LogP contribution in [0.5, 0.6) is 0 Å². The minimum atomic E-state index is -0.00179. The maximum absolute atomic E-state index is 13.4. The van der Waals surface area contributed by atoms with E-state index >= 15 is 0 Å². The zero-order valence-electron chi connectivity index (χ0n) is 18.0. The van der Waals surface area contributed by atoms with E-state index in [2.05, 4.69) is 53.8 Å². The molecule has 0 spiro atoms. The van der Waals surface area contributed by atoms with Gasteiger partial charge in [0.1, 0.15) is 0 Å². The first kappa shape index (κ1) is 22.8. The Morgan fingerprint density at radius 2 is 1.53 bits per heavy atom. The average Bonchev–Trinajstić information content (AvgIpc) is 2.80. The van der Waals surface area contributed by atoms with Gasteiger partial charge in [0.2, 0.25) is 0 Å². The number of nitrogens with one attached hydrogen (secondary N) is 1. The highest BCUT2D eigenvalue weighted by atomic mass is 35.5. The monoisotopic (exact) mass is 466 g/mol. The van der Waals surface area contributed by atoms with E-state index in [9.17, 15) is 4.79 Å². The Kier molecular flexibility index (Phi) is 7.85. The molecule has 1 fully saturated rings. The van der Waals surface area contributed by atoms with Crippen LogP contribution in [0.15, 0.2) is 78.9 Å². The van der Waals surface area contributed by atoms with E-state index in [1.165, 1.54) is 11.1 Å². The van der Waals surface area contributed by atoms with Crippen molar-refractivity contribution in [3.05, 3.63) is 106 Å². The lowest BCUT2D eigenvalue weighted by Gasteiger charge is -2.40. The number of carbonyl (C=O) groups is 1. The highest BCUT2D eigenvalue weighted by Crippen LogP contribution is 2.26. The van der Waals surface area contributed by atoms with Gasteiger partial charge in [-0.15, -0.1) is 0 Å². The van der Waals surface area contributed by atoms with Crippen LogP contribution in [0, 0.1) is 0 Å². The van der Waals surface area contributed by atoms with E-state index in [-0.39, 0.29) is 11.9 Å². The molecule has 4 rings (SSSR count). The summed E-state index contributed by atoms with van der Waals surface area (Å²) in [5, 5.41) is 4.69. The number of hydrogen-bond donors (Lipinski definition) is 1. The van der Waals surface area contributed by atoms with Gasteiger partial charge in [0, 0.05) is 34.2 Å². The van der Waals surface area contributed by atoms with Crippen molar-refractivity contribution in [2.45, 2.75) is 37.8 Å². The maximum Gasteiger partial charge on any atom is 0.254 e. The normalized spacial score (nSPS) is 18.5. The molecule has 1 heterocycles. The van der Waals surface area contributed by atoms with Crippen LogP contribution in [0.4, 0.5) is 0 Å². The largest absolute Gasteiger partial charge is 0.335 e. The van der Waals surface area contributed by atoms with Gasteiger partial charge in [0.15, 0.2) is 0 Å². The number of halogens is 2. The fraction of sp³-hybridized carbons (Fsp3) is 0.296. The number of nitrogens with zero attached hydrogens (tertiary/aromatic N) is 1. The van der Waals surface area contributed by atoms with Gasteiger partial charge in [-0.1, -0.05) is 83.9 Å². The van der Waals surface area contributed by atoms with E-state index in [1.807, 2.05) is 17.0 Å². The van der Waals surface area contributed by atoms with E-state index in [0.29, 0.717) is 28.2 Å². The van der Waals surface area contributed by atoms with Crippen molar-refractivity contribution in [3.8, 4) is 0 Å². The summed E-state index contributed by atoms with van der Waals surface area (Å²) in [4.78, 5) is 15.4. The molecule has 3 aromatic rings. The molecular formula is C27H28Cl2N2O. The van der Waals surface area contributed by atoms with Crippen molar-refractivity contribution in [1.29, 1.82) is 0 Å². The van der Waals surface area contributed by atoms with Crippen LogP contribution in [0.1, 0.15) is 34.3 Å². The molecule has 2 atom stereocenters. The van der Waals surface area contributed by atoms with Gasteiger partial charge in [-0.25, -0.2) is 0 Å². The van der Waals surface area contributed by atoms with E-state index in [1.54, 1.807) is 18.2 Å². The van der Waals surface area contributed by atoms with Gasteiger partial charge in [0.25, 0.3) is 5.91 Å². The number of carbonyl (C=O) groups excluding carboxylic acids is 1. The lowest BCUT2D eigenvalue weighted by atomic mass is 9.91. The summed E-state index contributed by atoms with van der Waals surface area (Å²) in [7, 11) is 0. The molecule has 5 heteroatoms. The van der Waals surface area contributed by atoms with Gasteiger partial charge < -0.3 is 10.2 Å². The Balaban J connectivity index is 1.45. The number of rotatable bonds is 7. The van der Waals surface area contributed by atoms with Crippen LogP contribution >= 0.6 is 23.2 Å². The highest BCUT2D eigenvalue weighted by molar-refractivity contribution is 6.35. The first-order valence-electron chi connectivity index (χ1n) is 11.2. The Hall–Kier alpha value is -2.33. The van der Waals surface area contributed by atoms with Gasteiger partial charge in [-0.2, -0.15) is 0 Å². The molecule has 32 heavy (non-hydrogen) atoms. The fourth-order valence-electron chi connectivity index (χ4n) is 4.49. The number of piperidine rings is 1. The molecule has 166 valence electrons. The summed E-state index contributed by atoms with van der Waals surface area (Å²) in [6.45, 7) is 1.65. The second kappa shape index (κ2) is 11.0. The third kappa shape index (κ3) is 6.13. The predicted molar refractivity (Wildman–Crippen MR) is 133 cm³/mol. The Labute approximate surface area is 200 Å². The molecule has 0 aromatic heterocycles. The number of benzene rings is 3. The van der Waals surface area contributed by atoms with Crippen LogP contribution in [0.2, 0.25) is 10.0 Å². The molecule has 3 nitrogen and oxygen atoms in total. The third-order valence-corrected chi connectivity index (χ3v) is 6.53. The molecule has 3 aromatic carbocycles. The molecule has 1 aliphatic heterocycles. The van der Waals surface area contributed by atoms with Gasteiger partial charge in [-0.05, 0) is 61.6 Å². The number of amides is 1. The summed E-state index contributed by atoms with van der Waals surface area (Å²) < 4.78 is 0. The zero-order chi connectivity index (χ0) is 22.3. The molecule has 1 saturated heterocycles. The SMILES string of the molecule is O=C(c1cc(Cl)cc(Cl)c1)N1CCC(NCCc2ccccc2)CC1Cc1ccccc1. The molecule has 0 bridgehead atoms. The van der Waals surface area contributed by atoms with E-state index < -0.39 is 0 Å². The molecule has 1 amide bonds. The van der Waals surface area contributed by atoms with Crippen LogP contribution in [0.3, 0.4) is 0 Å². The summed E-state index contributed by atoms with van der Waals surface area (Å²) >= 11 is 12.3. The standard InChI is InChI=1S/C27H28Cl2N2O/c28-23-16-22(17-24(29)18-23)27(32)31-14-12-25(30-13-11-20-7-3-1-4-8-20)19-26(31)15-21-9-5-2-6-10-21/h1-10,16-18,25-26,30H,11-15,19H2. The van der Waals surface area contributed by atoms with Gasteiger partial charge in [0.05, 0.1) is 0 Å². The Morgan fingerprint density at radius 1 is 0.906 bits per heavy atom. The number of likely N-dealkylation sites (tertiary alicyclic amines) is 1. The van der Waals surface area contributed by atoms with Crippen molar-refractivity contribution in [1.82, 2.24) is 10.2 Å². The molecule has 2 unspecified atom stereocenters. The molecule has 0 radical (unpaired) electrons. The predicted octanol–water partition coefficient (Wildman–Crippen LogP) is 6.04. The maximum atomic E-state index is 13.4. The third-order valence-electron chi connectivity index (χ3n) is 6.09. The first-order valence-corrected chi connectivity index (χ1v) is 11.9. The zero-order valence-corrected chi connectivity index (χ0v) is 19.5. The second-order valence-corrected chi connectivity index (χ2v) is 9.28. The molecule has 1 N–H and O–H groups in total. The lowest BCUT2D eigenvalue weighted by molar-refractivity contribution is 0.0578. The van der Waals surface area contributed by atoms with Crippen molar-refractivity contribution >= 4 is 29.1 Å². The summed E-state index contributed by atoms with van der Waals surface area (Å²) in [5.74, 6) is -0.00179. The summed E-state index contributed by atoms with van der Waals surface area (Å²) in [6.07, 6.45) is 3.69. The average molecular weight is 467 g/mol. The van der Waals surface area contributed by atoms with E-state index in [4.69, 9.17) is 23.2 Å². The van der Waals surface area contributed by atoms with Crippen LogP contribution < -0.4 is 5.32 Å². The van der Waals surface area contributed by atoms with Crippen molar-refractivity contribution in [2.75, 3.05) is 13.1 Å². The minimum absolute atomic E-state index is 0.00179. The second-order valence-electron chi connectivity index (χ2n) is 8.41. The summed E-state index contributed by atoms with van der Waals surface area (Å²) in [6, 6.07) is 26.5. The quantitative estimate of drug-likeness (QED) is 0.460. The van der Waals surface area contributed by atoms with Crippen LogP contribution in [0.25, 0.3) is 0 Å². The topological polar surface area (TPSA) is 32.3 Å². The Bertz CT molecular complexity index is 1010. The smallest absolute Gasteiger partial charge is 0.254 e. The fourth-order valence-corrected chi connectivity index (χ4v) is 5.02. The molecule has 1 aliphatic rings. The summed E-state index contributed by atoms with van der Waals surface area (Å²) in [5.41, 5.74) is 3.13. The number of hydrogen-bond acceptors (Lipinski definition) is 2. The van der Waals surface area contributed by atoms with Crippen LogP contribution in [-0.4, -0.2) is 36.0 Å². The molecule has 0 aliphatic carbocycles. The van der Waals surface area contributed by atoms with Crippen molar-refractivity contribution in [2.24, 2.45) is 0 Å². The van der Waals surface area contributed by atoms with Crippen molar-refractivity contribution < 1.29 is 4.79 Å². The highest BCUT2D eigenvalue weighted by Gasteiger charge is 2.32. The van der Waals surface area contributed by atoms with Crippen LogP contribution in [-0.2, 0) is 12.8 Å². The Morgan fingerprint density at radius 3 is 2.19 bits per heavy atom. The van der Waals surface area contributed by atoms with Gasteiger partial charge in [-0.3, -0.25) is 4.79 Å². The van der Waals surface area contributed by atoms with Gasteiger partial charge >= 0.3 is 0 Å². The lowest BCUT2D eigenvalue weighted by Crippen LogP contribution is -2.52. The first-order chi connectivity index (χ1) is 15.6. The molecular weight excluding hydrogens is 439 g/mol.